The number of benzene rings is 1. The van der Waals surface area contributed by atoms with E-state index in [9.17, 15) is 14.7 Å². The Bertz CT molecular complexity index is 587. The number of aliphatic hydroxyl groups excluding tert-OH is 1. The van der Waals surface area contributed by atoms with Crippen molar-refractivity contribution in [2.24, 2.45) is 0 Å². The second kappa shape index (κ2) is 5.99. The number of amides is 1. The fourth-order valence-corrected chi connectivity index (χ4v) is 2.24. The zero-order valence-corrected chi connectivity index (χ0v) is 12.4. The van der Waals surface area contributed by atoms with E-state index in [-0.39, 0.29) is 29.7 Å². The van der Waals surface area contributed by atoms with E-state index in [1.54, 1.807) is 24.3 Å². The lowest BCUT2D eigenvalue weighted by molar-refractivity contribution is -0.126. The standard InChI is InChI=1S/C16H19NO4/c1-4-21-12-7-5-11(6-8-12)15(19)14-13(18)9-17(10(2)3)16(14)20/h5-8,10,19H,4,9H2,1-3H3/b15-14-. The Morgan fingerprint density at radius 1 is 1.29 bits per heavy atom. The van der Waals surface area contributed by atoms with Gasteiger partial charge in [0, 0.05) is 11.6 Å². The quantitative estimate of drug-likeness (QED) is 0.524. The van der Waals surface area contributed by atoms with Crippen molar-refractivity contribution in [1.29, 1.82) is 0 Å². The van der Waals surface area contributed by atoms with Crippen LogP contribution in [0, 0.1) is 0 Å². The highest BCUT2D eigenvalue weighted by atomic mass is 16.5. The molecule has 0 aliphatic carbocycles. The average molecular weight is 289 g/mol. The zero-order chi connectivity index (χ0) is 15.6. The zero-order valence-electron chi connectivity index (χ0n) is 12.4. The number of ether oxygens (including phenoxy) is 1. The average Bonchev–Trinajstić information content (AvgIpc) is 2.75. The highest BCUT2D eigenvalue weighted by Gasteiger charge is 2.37. The molecule has 0 aromatic heterocycles. The minimum atomic E-state index is -0.415. The molecule has 1 heterocycles. The SMILES string of the molecule is CCOc1ccc(/C(O)=C2\C(=O)CN(C(C)C)C2=O)cc1. The number of carbonyl (C=O) groups is 2. The van der Waals surface area contributed by atoms with Gasteiger partial charge in [0.1, 0.15) is 17.1 Å². The lowest BCUT2D eigenvalue weighted by Crippen LogP contribution is -2.32. The van der Waals surface area contributed by atoms with Crippen LogP contribution < -0.4 is 4.74 Å². The Kier molecular flexibility index (Phi) is 4.31. The predicted octanol–water partition coefficient (Wildman–Crippen LogP) is 2.17. The van der Waals surface area contributed by atoms with Crippen LogP contribution in [0.4, 0.5) is 0 Å². The van der Waals surface area contributed by atoms with E-state index in [1.807, 2.05) is 20.8 Å². The third-order valence-corrected chi connectivity index (χ3v) is 3.37. The summed E-state index contributed by atoms with van der Waals surface area (Å²) in [6, 6.07) is 6.57. The maximum Gasteiger partial charge on any atom is 0.262 e. The number of Topliss-reactive ketones (excluding diaryl/α,β-unsaturated/α-hetero) is 1. The van der Waals surface area contributed by atoms with Gasteiger partial charge in [0.25, 0.3) is 5.91 Å². The fourth-order valence-electron chi connectivity index (χ4n) is 2.24. The van der Waals surface area contributed by atoms with E-state index in [4.69, 9.17) is 4.74 Å². The van der Waals surface area contributed by atoms with Gasteiger partial charge in [0.2, 0.25) is 0 Å². The molecule has 1 amide bonds. The topological polar surface area (TPSA) is 66.8 Å². The van der Waals surface area contributed by atoms with Gasteiger partial charge in [0.15, 0.2) is 5.78 Å². The number of ketones is 1. The number of likely N-dealkylation sites (tertiary alicyclic amines) is 1. The van der Waals surface area contributed by atoms with Crippen LogP contribution in [0.3, 0.4) is 0 Å². The smallest absolute Gasteiger partial charge is 0.262 e. The van der Waals surface area contributed by atoms with E-state index in [1.165, 1.54) is 4.90 Å². The molecule has 112 valence electrons. The number of hydrogen-bond acceptors (Lipinski definition) is 4. The molecule has 1 aromatic rings. The highest BCUT2D eigenvalue weighted by Crippen LogP contribution is 2.25. The predicted molar refractivity (Wildman–Crippen MR) is 79.0 cm³/mol. The van der Waals surface area contributed by atoms with Crippen molar-refractivity contribution in [3.05, 3.63) is 35.4 Å². The summed E-state index contributed by atoms with van der Waals surface area (Å²) in [4.78, 5) is 25.6. The fraction of sp³-hybridized carbons (Fsp3) is 0.375. The molecule has 0 radical (unpaired) electrons. The molecular weight excluding hydrogens is 270 g/mol. The number of carbonyl (C=O) groups excluding carboxylic acids is 2. The highest BCUT2D eigenvalue weighted by molar-refractivity contribution is 6.28. The largest absolute Gasteiger partial charge is 0.506 e. The first-order chi connectivity index (χ1) is 9.95. The molecule has 1 aliphatic heterocycles. The van der Waals surface area contributed by atoms with Crippen LogP contribution in [0.1, 0.15) is 26.3 Å². The van der Waals surface area contributed by atoms with Crippen LogP contribution >= 0.6 is 0 Å². The first kappa shape index (κ1) is 15.1. The summed E-state index contributed by atoms with van der Waals surface area (Å²) in [5.74, 6) is -0.357. The maximum absolute atomic E-state index is 12.2. The summed E-state index contributed by atoms with van der Waals surface area (Å²) in [7, 11) is 0. The Morgan fingerprint density at radius 3 is 2.38 bits per heavy atom. The molecule has 0 saturated carbocycles. The van der Waals surface area contributed by atoms with Gasteiger partial charge in [-0.2, -0.15) is 0 Å². The lowest BCUT2D eigenvalue weighted by atomic mass is 10.1. The summed E-state index contributed by atoms with van der Waals surface area (Å²) in [5.41, 5.74) is 0.300. The van der Waals surface area contributed by atoms with Gasteiger partial charge in [-0.15, -0.1) is 0 Å². The summed E-state index contributed by atoms with van der Waals surface area (Å²) in [6.07, 6.45) is 0. The number of aliphatic hydroxyl groups is 1. The Morgan fingerprint density at radius 2 is 1.90 bits per heavy atom. The minimum Gasteiger partial charge on any atom is -0.506 e. The van der Waals surface area contributed by atoms with Gasteiger partial charge >= 0.3 is 0 Å². The van der Waals surface area contributed by atoms with Gasteiger partial charge in [-0.1, -0.05) is 0 Å². The molecule has 21 heavy (non-hydrogen) atoms. The molecule has 1 aromatic carbocycles. The molecule has 1 saturated heterocycles. The van der Waals surface area contributed by atoms with Crippen LogP contribution in [0.15, 0.2) is 29.8 Å². The molecule has 5 nitrogen and oxygen atoms in total. The molecule has 0 unspecified atom stereocenters. The normalized spacial score (nSPS) is 17.6. The van der Waals surface area contributed by atoms with Crippen molar-refractivity contribution < 1.29 is 19.4 Å². The van der Waals surface area contributed by atoms with Crippen LogP contribution in [0.2, 0.25) is 0 Å². The first-order valence-corrected chi connectivity index (χ1v) is 6.96. The summed E-state index contributed by atoms with van der Waals surface area (Å²) in [6.45, 7) is 6.12. The molecule has 1 N–H and O–H groups in total. The lowest BCUT2D eigenvalue weighted by Gasteiger charge is -2.18. The Hall–Kier alpha value is -2.30. The minimum absolute atomic E-state index is 0.0208. The van der Waals surface area contributed by atoms with Gasteiger partial charge in [-0.05, 0) is 45.0 Å². The molecule has 0 atom stereocenters. The van der Waals surface area contributed by atoms with Crippen molar-refractivity contribution >= 4 is 17.4 Å². The molecular formula is C16H19NO4. The molecule has 1 aliphatic rings. The van der Waals surface area contributed by atoms with Crippen LogP contribution in [0.5, 0.6) is 5.75 Å². The van der Waals surface area contributed by atoms with E-state index < -0.39 is 5.91 Å². The van der Waals surface area contributed by atoms with Crippen molar-refractivity contribution in [3.8, 4) is 5.75 Å². The van der Waals surface area contributed by atoms with Crippen molar-refractivity contribution in [2.45, 2.75) is 26.8 Å². The summed E-state index contributed by atoms with van der Waals surface area (Å²) in [5, 5.41) is 10.3. The van der Waals surface area contributed by atoms with E-state index in [0.29, 0.717) is 17.9 Å². The molecule has 1 fully saturated rings. The van der Waals surface area contributed by atoms with Crippen molar-refractivity contribution in [1.82, 2.24) is 4.90 Å². The van der Waals surface area contributed by atoms with Gasteiger partial charge in [0.05, 0.1) is 13.2 Å². The molecule has 0 spiro atoms. The van der Waals surface area contributed by atoms with E-state index in [0.717, 1.165) is 0 Å². The summed E-state index contributed by atoms with van der Waals surface area (Å²) < 4.78 is 5.32. The summed E-state index contributed by atoms with van der Waals surface area (Å²) >= 11 is 0. The monoisotopic (exact) mass is 289 g/mol. The molecule has 5 heteroatoms. The van der Waals surface area contributed by atoms with E-state index in [2.05, 4.69) is 0 Å². The second-order valence-corrected chi connectivity index (χ2v) is 5.13. The van der Waals surface area contributed by atoms with Crippen molar-refractivity contribution in [2.75, 3.05) is 13.2 Å². The Balaban J connectivity index is 2.34. The third kappa shape index (κ3) is 2.91. The van der Waals surface area contributed by atoms with Gasteiger partial charge in [-0.25, -0.2) is 0 Å². The first-order valence-electron chi connectivity index (χ1n) is 6.96. The number of rotatable bonds is 4. The van der Waals surface area contributed by atoms with E-state index >= 15 is 0 Å². The molecule has 0 bridgehead atoms. The number of hydrogen-bond donors (Lipinski definition) is 1. The van der Waals surface area contributed by atoms with Gasteiger partial charge < -0.3 is 14.7 Å². The van der Waals surface area contributed by atoms with Crippen LogP contribution in [0.25, 0.3) is 5.76 Å². The van der Waals surface area contributed by atoms with Gasteiger partial charge in [-0.3, -0.25) is 9.59 Å². The molecule has 2 rings (SSSR count). The number of nitrogens with zero attached hydrogens (tertiary/aromatic N) is 1. The second-order valence-electron chi connectivity index (χ2n) is 5.13. The maximum atomic E-state index is 12.2. The third-order valence-electron chi connectivity index (χ3n) is 3.37. The van der Waals surface area contributed by atoms with Crippen LogP contribution in [-0.2, 0) is 9.59 Å². The Labute approximate surface area is 123 Å². The van der Waals surface area contributed by atoms with Crippen molar-refractivity contribution in [3.63, 3.8) is 0 Å². The van der Waals surface area contributed by atoms with Crippen LogP contribution in [-0.4, -0.2) is 40.9 Å².